The second kappa shape index (κ2) is 6.51. The van der Waals surface area contributed by atoms with Crippen LogP contribution in [0.5, 0.6) is 0 Å². The van der Waals surface area contributed by atoms with Crippen LogP contribution in [0, 0.1) is 11.6 Å². The van der Waals surface area contributed by atoms with Crippen molar-refractivity contribution in [2.45, 2.75) is 12.3 Å². The summed E-state index contributed by atoms with van der Waals surface area (Å²) in [6, 6.07) is 9.19. The molecule has 3 nitrogen and oxygen atoms in total. The van der Waals surface area contributed by atoms with Gasteiger partial charge in [0.05, 0.1) is 10.8 Å². The minimum absolute atomic E-state index is 0.00350. The smallest absolute Gasteiger partial charge is 0.212 e. The number of hydrogen-bond donors (Lipinski definition) is 1. The molecular formula is C14H12ClF2NO2S. The van der Waals surface area contributed by atoms with E-state index in [0.29, 0.717) is 11.1 Å². The Bertz CT molecular complexity index is 733. The fourth-order valence-electron chi connectivity index (χ4n) is 1.69. The van der Waals surface area contributed by atoms with Crippen molar-refractivity contribution in [3.8, 4) is 0 Å². The summed E-state index contributed by atoms with van der Waals surface area (Å²) < 4.78 is 51.9. The van der Waals surface area contributed by atoms with E-state index in [1.54, 1.807) is 0 Å². The molecule has 2 aromatic carbocycles. The highest BCUT2D eigenvalue weighted by molar-refractivity contribution is 7.88. The van der Waals surface area contributed by atoms with Gasteiger partial charge >= 0.3 is 0 Å². The third-order valence-electron chi connectivity index (χ3n) is 2.75. The number of benzene rings is 2. The largest absolute Gasteiger partial charge is 0.216 e. The molecular weight excluding hydrogens is 320 g/mol. The molecule has 0 saturated carbocycles. The minimum atomic E-state index is -3.58. The van der Waals surface area contributed by atoms with Gasteiger partial charge in [-0.15, -0.1) is 0 Å². The third-order valence-corrected chi connectivity index (χ3v) is 4.34. The van der Waals surface area contributed by atoms with Crippen LogP contribution in [0.1, 0.15) is 11.1 Å². The van der Waals surface area contributed by atoms with Crippen LogP contribution in [0.3, 0.4) is 0 Å². The average molecular weight is 332 g/mol. The van der Waals surface area contributed by atoms with Crippen molar-refractivity contribution in [3.05, 3.63) is 70.2 Å². The van der Waals surface area contributed by atoms with Gasteiger partial charge in [-0.3, -0.25) is 0 Å². The summed E-state index contributed by atoms with van der Waals surface area (Å²) in [4.78, 5) is 0. The van der Waals surface area contributed by atoms with Crippen LogP contribution in [0.25, 0.3) is 0 Å². The molecule has 0 bridgehead atoms. The third kappa shape index (κ3) is 4.77. The Kier molecular flexibility index (Phi) is 4.92. The Hall–Kier alpha value is -1.50. The van der Waals surface area contributed by atoms with Gasteiger partial charge in [-0.2, -0.15) is 0 Å². The summed E-state index contributed by atoms with van der Waals surface area (Å²) in [6.45, 7) is 0.00350. The van der Waals surface area contributed by atoms with Gasteiger partial charge in [0.1, 0.15) is 11.6 Å². The first-order chi connectivity index (χ1) is 9.85. The van der Waals surface area contributed by atoms with E-state index in [1.165, 1.54) is 42.5 Å². The van der Waals surface area contributed by atoms with Crippen LogP contribution in [-0.4, -0.2) is 8.42 Å². The van der Waals surface area contributed by atoms with Gasteiger partial charge in [-0.1, -0.05) is 29.8 Å². The Morgan fingerprint density at radius 1 is 1.00 bits per heavy atom. The first-order valence-corrected chi connectivity index (χ1v) is 8.04. The lowest BCUT2D eigenvalue weighted by Gasteiger charge is -2.07. The van der Waals surface area contributed by atoms with Crippen molar-refractivity contribution in [1.82, 2.24) is 4.72 Å². The quantitative estimate of drug-likeness (QED) is 0.914. The van der Waals surface area contributed by atoms with Crippen molar-refractivity contribution < 1.29 is 17.2 Å². The molecule has 0 aliphatic rings. The first-order valence-electron chi connectivity index (χ1n) is 6.01. The molecule has 0 unspecified atom stereocenters. The Morgan fingerprint density at radius 3 is 2.24 bits per heavy atom. The standard InChI is InChI=1S/C14H12ClF2NO2S/c15-13-7-11(3-6-14(13)17)8-18-21(19,20)9-10-1-4-12(16)5-2-10/h1-7,18H,8-9H2. The molecule has 0 aromatic heterocycles. The van der Waals surface area contributed by atoms with Crippen LogP contribution in [-0.2, 0) is 22.3 Å². The lowest BCUT2D eigenvalue weighted by Crippen LogP contribution is -2.24. The average Bonchev–Trinajstić information content (AvgIpc) is 2.43. The molecule has 1 N–H and O–H groups in total. The maximum absolute atomic E-state index is 13.0. The second-order valence-electron chi connectivity index (χ2n) is 4.46. The minimum Gasteiger partial charge on any atom is -0.212 e. The molecule has 7 heteroatoms. The van der Waals surface area contributed by atoms with Gasteiger partial charge in [-0.25, -0.2) is 21.9 Å². The highest BCUT2D eigenvalue weighted by Gasteiger charge is 2.12. The molecule has 0 radical (unpaired) electrons. The number of sulfonamides is 1. The van der Waals surface area contributed by atoms with E-state index in [4.69, 9.17) is 11.6 Å². The fraction of sp³-hybridized carbons (Fsp3) is 0.143. The second-order valence-corrected chi connectivity index (χ2v) is 6.67. The van der Waals surface area contributed by atoms with Crippen molar-refractivity contribution in [3.63, 3.8) is 0 Å². The lowest BCUT2D eigenvalue weighted by molar-refractivity contribution is 0.580. The summed E-state index contributed by atoms with van der Waals surface area (Å²) in [5.41, 5.74) is 1.02. The fourth-order valence-corrected chi connectivity index (χ4v) is 3.02. The van der Waals surface area contributed by atoms with E-state index < -0.39 is 21.7 Å². The molecule has 2 rings (SSSR count). The van der Waals surface area contributed by atoms with Crippen LogP contribution >= 0.6 is 11.6 Å². The molecule has 0 aliphatic heterocycles. The zero-order valence-corrected chi connectivity index (χ0v) is 12.4. The molecule has 2 aromatic rings. The van der Waals surface area contributed by atoms with Crippen molar-refractivity contribution in [2.75, 3.05) is 0 Å². The maximum atomic E-state index is 13.0. The van der Waals surface area contributed by atoms with E-state index in [9.17, 15) is 17.2 Å². The zero-order valence-electron chi connectivity index (χ0n) is 10.8. The molecule has 0 heterocycles. The van der Waals surface area contributed by atoms with Crippen LogP contribution in [0.4, 0.5) is 8.78 Å². The topological polar surface area (TPSA) is 46.2 Å². The van der Waals surface area contributed by atoms with Gasteiger partial charge in [0.2, 0.25) is 10.0 Å². The first kappa shape index (κ1) is 15.9. The van der Waals surface area contributed by atoms with Gasteiger partial charge in [-0.05, 0) is 35.4 Å². The summed E-state index contributed by atoms with van der Waals surface area (Å²) in [6.07, 6.45) is 0. The van der Waals surface area contributed by atoms with Gasteiger partial charge in [0.25, 0.3) is 0 Å². The SMILES string of the molecule is O=S(=O)(Cc1ccc(F)cc1)NCc1ccc(F)c(Cl)c1. The van der Waals surface area contributed by atoms with Crippen LogP contribution < -0.4 is 4.72 Å². The Labute approximate surface area is 126 Å². The number of hydrogen-bond acceptors (Lipinski definition) is 2. The number of nitrogens with one attached hydrogen (secondary N) is 1. The molecule has 0 fully saturated rings. The molecule has 0 spiro atoms. The van der Waals surface area contributed by atoms with E-state index in [-0.39, 0.29) is 17.3 Å². The number of rotatable bonds is 5. The lowest BCUT2D eigenvalue weighted by atomic mass is 10.2. The van der Waals surface area contributed by atoms with Gasteiger partial charge < -0.3 is 0 Å². The normalized spacial score (nSPS) is 11.6. The molecule has 112 valence electrons. The molecule has 0 amide bonds. The number of halogens is 3. The highest BCUT2D eigenvalue weighted by atomic mass is 35.5. The molecule has 0 atom stereocenters. The van der Waals surface area contributed by atoms with E-state index >= 15 is 0 Å². The van der Waals surface area contributed by atoms with Crippen molar-refractivity contribution in [2.24, 2.45) is 0 Å². The van der Waals surface area contributed by atoms with Crippen LogP contribution in [0.15, 0.2) is 42.5 Å². The zero-order chi connectivity index (χ0) is 15.5. The maximum Gasteiger partial charge on any atom is 0.216 e. The van der Waals surface area contributed by atoms with Gasteiger partial charge in [0.15, 0.2) is 0 Å². The van der Waals surface area contributed by atoms with E-state index in [2.05, 4.69) is 4.72 Å². The molecule has 0 aliphatic carbocycles. The van der Waals surface area contributed by atoms with Crippen LogP contribution in [0.2, 0.25) is 5.02 Å². The Balaban J connectivity index is 2.00. The summed E-state index contributed by atoms with van der Waals surface area (Å²) in [7, 11) is -3.58. The summed E-state index contributed by atoms with van der Waals surface area (Å²) in [5.74, 6) is -1.25. The Morgan fingerprint density at radius 2 is 1.62 bits per heavy atom. The predicted molar refractivity (Wildman–Crippen MR) is 77.3 cm³/mol. The summed E-state index contributed by atoms with van der Waals surface area (Å²) in [5, 5.41) is -0.0646. The van der Waals surface area contributed by atoms with E-state index in [1.807, 2.05) is 0 Å². The van der Waals surface area contributed by atoms with E-state index in [0.717, 1.165) is 0 Å². The summed E-state index contributed by atoms with van der Waals surface area (Å²) >= 11 is 5.62. The highest BCUT2D eigenvalue weighted by Crippen LogP contribution is 2.16. The monoisotopic (exact) mass is 331 g/mol. The molecule has 21 heavy (non-hydrogen) atoms. The van der Waals surface area contributed by atoms with Crippen molar-refractivity contribution >= 4 is 21.6 Å². The van der Waals surface area contributed by atoms with Crippen molar-refractivity contribution in [1.29, 1.82) is 0 Å². The predicted octanol–water partition coefficient (Wildman–Crippen LogP) is 3.24. The molecule has 0 saturated heterocycles. The van der Waals surface area contributed by atoms with Gasteiger partial charge in [0, 0.05) is 6.54 Å².